The maximum absolute atomic E-state index is 12.4. The predicted octanol–water partition coefficient (Wildman–Crippen LogP) is 2.31. The number of nitrogens with zero attached hydrogens (tertiary/aromatic N) is 1. The molecule has 17 heavy (non-hydrogen) atoms. The molecule has 2 atom stereocenters. The minimum absolute atomic E-state index is 0.287. The minimum Gasteiger partial charge on any atom is -0.207 e. The first-order chi connectivity index (χ1) is 8.10. The van der Waals surface area contributed by atoms with Gasteiger partial charge in [0.05, 0.1) is 4.90 Å². The van der Waals surface area contributed by atoms with E-state index in [2.05, 4.69) is 0 Å². The Hall–Kier alpha value is -0.870. The first-order valence-electron chi connectivity index (χ1n) is 6.21. The van der Waals surface area contributed by atoms with E-state index in [1.54, 1.807) is 16.4 Å². The lowest BCUT2D eigenvalue weighted by Gasteiger charge is -2.06. The lowest BCUT2D eigenvalue weighted by molar-refractivity contribution is 0.545. The number of hydrogen-bond donors (Lipinski definition) is 0. The summed E-state index contributed by atoms with van der Waals surface area (Å²) < 4.78 is 26.5. The molecule has 2 aliphatic rings. The number of benzene rings is 1. The Kier molecular flexibility index (Phi) is 2.52. The van der Waals surface area contributed by atoms with Crippen molar-refractivity contribution in [3.05, 3.63) is 29.8 Å². The zero-order valence-corrected chi connectivity index (χ0v) is 10.8. The maximum atomic E-state index is 12.4. The third-order valence-corrected chi connectivity index (χ3v) is 5.82. The molecule has 3 nitrogen and oxygen atoms in total. The summed E-state index contributed by atoms with van der Waals surface area (Å²) in [5.41, 5.74) is 1.09. The number of aryl methyl sites for hydroxylation is 1. The molecule has 2 fully saturated rings. The first kappa shape index (κ1) is 11.2. The Morgan fingerprint density at radius 2 is 1.59 bits per heavy atom. The van der Waals surface area contributed by atoms with Crippen molar-refractivity contribution >= 4 is 10.0 Å². The Morgan fingerprint density at radius 3 is 2.12 bits per heavy atom. The van der Waals surface area contributed by atoms with Crippen molar-refractivity contribution in [3.8, 4) is 0 Å². The van der Waals surface area contributed by atoms with E-state index in [0.29, 0.717) is 4.90 Å². The lowest BCUT2D eigenvalue weighted by Crippen LogP contribution is -2.15. The number of fused-ring (bicyclic) bond motifs is 1. The summed E-state index contributed by atoms with van der Waals surface area (Å²) in [4.78, 5) is 0.442. The smallest absolute Gasteiger partial charge is 0.207 e. The molecule has 1 saturated carbocycles. The van der Waals surface area contributed by atoms with Crippen LogP contribution in [0.1, 0.15) is 31.2 Å². The normalized spacial score (nSPS) is 31.9. The highest BCUT2D eigenvalue weighted by atomic mass is 32.2. The van der Waals surface area contributed by atoms with Gasteiger partial charge >= 0.3 is 0 Å². The van der Waals surface area contributed by atoms with E-state index in [-0.39, 0.29) is 12.1 Å². The van der Waals surface area contributed by atoms with E-state index in [0.717, 1.165) is 18.4 Å². The van der Waals surface area contributed by atoms with Crippen LogP contribution in [0.15, 0.2) is 29.2 Å². The molecule has 1 aromatic rings. The maximum Gasteiger partial charge on any atom is 0.243 e. The molecule has 0 N–H and O–H groups in total. The van der Waals surface area contributed by atoms with Crippen LogP contribution >= 0.6 is 0 Å². The molecule has 3 rings (SSSR count). The Bertz CT molecular complexity index is 509. The van der Waals surface area contributed by atoms with Gasteiger partial charge in [0.15, 0.2) is 0 Å². The van der Waals surface area contributed by atoms with Gasteiger partial charge in [0.25, 0.3) is 0 Å². The Labute approximate surface area is 102 Å². The first-order valence-corrected chi connectivity index (χ1v) is 7.65. The van der Waals surface area contributed by atoms with Gasteiger partial charge in [0.1, 0.15) is 0 Å². The third kappa shape index (κ3) is 1.79. The molecule has 0 radical (unpaired) electrons. The van der Waals surface area contributed by atoms with E-state index >= 15 is 0 Å². The lowest BCUT2D eigenvalue weighted by atomic mass is 10.0. The van der Waals surface area contributed by atoms with Crippen LogP contribution in [-0.2, 0) is 10.0 Å². The van der Waals surface area contributed by atoms with Crippen LogP contribution in [-0.4, -0.2) is 24.8 Å². The summed E-state index contributed by atoms with van der Waals surface area (Å²) in [5, 5.41) is 0. The minimum atomic E-state index is -3.23. The molecule has 1 aliphatic carbocycles. The SMILES string of the molecule is Cc1ccc(S(=O)(=O)N2C3CCCCC32)cc1. The third-order valence-electron chi connectivity index (χ3n) is 3.85. The monoisotopic (exact) mass is 251 g/mol. The van der Waals surface area contributed by atoms with Crippen molar-refractivity contribution in [2.75, 3.05) is 0 Å². The van der Waals surface area contributed by atoms with Crippen molar-refractivity contribution in [1.82, 2.24) is 4.31 Å². The van der Waals surface area contributed by atoms with Gasteiger partial charge in [-0.25, -0.2) is 8.42 Å². The molecule has 1 aromatic carbocycles. The van der Waals surface area contributed by atoms with Crippen LogP contribution in [0.3, 0.4) is 0 Å². The molecular weight excluding hydrogens is 234 g/mol. The summed E-state index contributed by atoms with van der Waals surface area (Å²) in [5.74, 6) is 0. The zero-order chi connectivity index (χ0) is 12.0. The van der Waals surface area contributed by atoms with E-state index in [4.69, 9.17) is 0 Å². The molecule has 0 spiro atoms. The zero-order valence-electron chi connectivity index (χ0n) is 9.96. The standard InChI is InChI=1S/C13H17NO2S/c1-10-6-8-11(9-7-10)17(15,16)14-12-4-2-3-5-13(12)14/h6-9,12-13H,2-5H2,1H3. The van der Waals surface area contributed by atoms with E-state index < -0.39 is 10.0 Å². The average Bonchev–Trinajstić information content (AvgIpc) is 3.04. The quantitative estimate of drug-likeness (QED) is 0.756. The molecule has 92 valence electrons. The molecule has 2 unspecified atom stereocenters. The molecule has 4 heteroatoms. The summed E-state index contributed by atoms with van der Waals surface area (Å²) >= 11 is 0. The second-order valence-corrected chi connectivity index (χ2v) is 6.91. The van der Waals surface area contributed by atoms with Crippen molar-refractivity contribution in [2.24, 2.45) is 0 Å². The van der Waals surface area contributed by atoms with Crippen molar-refractivity contribution in [3.63, 3.8) is 0 Å². The predicted molar refractivity (Wildman–Crippen MR) is 66.2 cm³/mol. The van der Waals surface area contributed by atoms with Gasteiger partial charge in [0.2, 0.25) is 10.0 Å². The summed E-state index contributed by atoms with van der Waals surface area (Å²) in [7, 11) is -3.23. The fourth-order valence-corrected chi connectivity index (χ4v) is 4.72. The second-order valence-electron chi connectivity index (χ2n) is 5.07. The van der Waals surface area contributed by atoms with Gasteiger partial charge in [-0.05, 0) is 31.9 Å². The topological polar surface area (TPSA) is 37.1 Å². The highest BCUT2D eigenvalue weighted by molar-refractivity contribution is 7.89. The van der Waals surface area contributed by atoms with Gasteiger partial charge in [0, 0.05) is 12.1 Å². The van der Waals surface area contributed by atoms with Gasteiger partial charge < -0.3 is 0 Å². The highest BCUT2D eigenvalue weighted by Gasteiger charge is 2.55. The summed E-state index contributed by atoms with van der Waals surface area (Å²) in [6, 6.07) is 7.73. The highest BCUT2D eigenvalue weighted by Crippen LogP contribution is 2.44. The Morgan fingerprint density at radius 1 is 1.06 bits per heavy atom. The molecular formula is C13H17NO2S. The molecule has 1 saturated heterocycles. The molecule has 1 heterocycles. The molecule has 0 bridgehead atoms. The molecule has 1 aliphatic heterocycles. The van der Waals surface area contributed by atoms with Crippen LogP contribution in [0.2, 0.25) is 0 Å². The fraction of sp³-hybridized carbons (Fsp3) is 0.538. The van der Waals surface area contributed by atoms with Crippen LogP contribution in [0.4, 0.5) is 0 Å². The van der Waals surface area contributed by atoms with Gasteiger partial charge in [-0.3, -0.25) is 0 Å². The molecule has 0 aromatic heterocycles. The number of rotatable bonds is 2. The number of hydrogen-bond acceptors (Lipinski definition) is 2. The van der Waals surface area contributed by atoms with Gasteiger partial charge in [-0.1, -0.05) is 30.5 Å². The van der Waals surface area contributed by atoms with Crippen molar-refractivity contribution in [1.29, 1.82) is 0 Å². The van der Waals surface area contributed by atoms with Gasteiger partial charge in [-0.2, -0.15) is 4.31 Å². The summed E-state index contributed by atoms with van der Waals surface area (Å²) in [6.45, 7) is 1.97. The van der Waals surface area contributed by atoms with Crippen LogP contribution < -0.4 is 0 Å². The van der Waals surface area contributed by atoms with E-state index in [1.165, 1.54) is 12.8 Å². The van der Waals surface area contributed by atoms with E-state index in [1.807, 2.05) is 19.1 Å². The van der Waals surface area contributed by atoms with Crippen LogP contribution in [0, 0.1) is 6.92 Å². The van der Waals surface area contributed by atoms with Crippen LogP contribution in [0.5, 0.6) is 0 Å². The molecule has 0 amide bonds. The van der Waals surface area contributed by atoms with Crippen LogP contribution in [0.25, 0.3) is 0 Å². The van der Waals surface area contributed by atoms with Crippen molar-refractivity contribution in [2.45, 2.75) is 49.6 Å². The summed E-state index contributed by atoms with van der Waals surface area (Å²) in [6.07, 6.45) is 4.41. The van der Waals surface area contributed by atoms with Crippen molar-refractivity contribution < 1.29 is 8.42 Å². The number of sulfonamides is 1. The Balaban J connectivity index is 1.89. The van der Waals surface area contributed by atoms with Gasteiger partial charge in [-0.15, -0.1) is 0 Å². The average molecular weight is 251 g/mol. The largest absolute Gasteiger partial charge is 0.243 e. The fourth-order valence-electron chi connectivity index (χ4n) is 2.84. The second kappa shape index (κ2) is 3.82. The van der Waals surface area contributed by atoms with E-state index in [9.17, 15) is 8.42 Å².